The van der Waals surface area contributed by atoms with Crippen molar-refractivity contribution in [1.82, 2.24) is 0 Å². The van der Waals surface area contributed by atoms with Gasteiger partial charge in [-0.3, -0.25) is 0 Å². The van der Waals surface area contributed by atoms with Crippen LogP contribution in [0.25, 0.3) is 43.4 Å². The van der Waals surface area contributed by atoms with Crippen LogP contribution >= 0.6 is 0 Å². The molecule has 67 heavy (non-hydrogen) atoms. The molecule has 1 aliphatic carbocycles. The van der Waals surface area contributed by atoms with Gasteiger partial charge in [-0.05, 0) is 139 Å². The SMILES string of the molecule is N#Cc1cccc(N(c2ccccc2)c2ccc3c4c(c5ccccc5c3c2)-c2c(cc(N(c3ccccc3)c3cccc(C#N)c3)c3ccccc23)C4(c2ccccc2)c2ccccc2)c1. The average Bonchev–Trinajstić information content (AvgIpc) is 3.72. The first kappa shape index (κ1) is 39.4. The first-order chi connectivity index (χ1) is 33.2. The van der Waals surface area contributed by atoms with Crippen molar-refractivity contribution in [3.05, 3.63) is 276 Å². The molecule has 0 atom stereocenters. The molecular formula is C63H40N4. The van der Waals surface area contributed by atoms with E-state index in [1.54, 1.807) is 0 Å². The molecule has 12 rings (SSSR count). The number of anilines is 6. The summed E-state index contributed by atoms with van der Waals surface area (Å²) in [6, 6.07) is 90.5. The Morgan fingerprint density at radius 1 is 0.313 bits per heavy atom. The summed E-state index contributed by atoms with van der Waals surface area (Å²) in [5.74, 6) is 0. The molecule has 0 aliphatic heterocycles. The smallest absolute Gasteiger partial charge is 0.0992 e. The highest BCUT2D eigenvalue weighted by molar-refractivity contribution is 6.24. The van der Waals surface area contributed by atoms with Crippen LogP contribution in [0.1, 0.15) is 33.4 Å². The van der Waals surface area contributed by atoms with Crippen LogP contribution in [-0.4, -0.2) is 0 Å². The third-order valence-electron chi connectivity index (χ3n) is 13.5. The number of fused-ring (bicyclic) bond motifs is 10. The van der Waals surface area contributed by atoms with Gasteiger partial charge in [0, 0.05) is 33.8 Å². The lowest BCUT2D eigenvalue weighted by Crippen LogP contribution is -2.29. The lowest BCUT2D eigenvalue weighted by molar-refractivity contribution is 0.776. The summed E-state index contributed by atoms with van der Waals surface area (Å²) in [6.45, 7) is 0. The highest BCUT2D eigenvalue weighted by Gasteiger charge is 2.49. The number of rotatable bonds is 8. The van der Waals surface area contributed by atoms with E-state index in [4.69, 9.17) is 0 Å². The van der Waals surface area contributed by atoms with Crippen molar-refractivity contribution in [2.24, 2.45) is 0 Å². The van der Waals surface area contributed by atoms with Gasteiger partial charge in [0.1, 0.15) is 0 Å². The number of hydrogen-bond donors (Lipinski definition) is 0. The molecule has 0 saturated carbocycles. The molecule has 11 aromatic rings. The molecule has 4 heteroatoms. The zero-order valence-corrected chi connectivity index (χ0v) is 36.4. The van der Waals surface area contributed by atoms with Gasteiger partial charge in [0.2, 0.25) is 0 Å². The summed E-state index contributed by atoms with van der Waals surface area (Å²) in [5.41, 5.74) is 13.4. The predicted octanol–water partition coefficient (Wildman–Crippen LogP) is 16.2. The van der Waals surface area contributed by atoms with Crippen molar-refractivity contribution in [2.75, 3.05) is 9.80 Å². The van der Waals surface area contributed by atoms with Gasteiger partial charge in [0.15, 0.2) is 0 Å². The number of benzene rings is 11. The maximum absolute atomic E-state index is 10.2. The molecule has 0 amide bonds. The summed E-state index contributed by atoms with van der Waals surface area (Å²) in [4.78, 5) is 4.56. The molecule has 11 aromatic carbocycles. The number of hydrogen-bond acceptors (Lipinski definition) is 4. The van der Waals surface area contributed by atoms with Crippen molar-refractivity contribution in [3.63, 3.8) is 0 Å². The van der Waals surface area contributed by atoms with E-state index in [1.165, 1.54) is 38.8 Å². The minimum Gasteiger partial charge on any atom is -0.310 e. The van der Waals surface area contributed by atoms with Gasteiger partial charge >= 0.3 is 0 Å². The Kier molecular flexibility index (Phi) is 9.46. The van der Waals surface area contributed by atoms with Gasteiger partial charge < -0.3 is 9.80 Å². The zero-order valence-electron chi connectivity index (χ0n) is 36.4. The molecule has 0 unspecified atom stereocenters. The van der Waals surface area contributed by atoms with Crippen LogP contribution in [0, 0.1) is 22.7 Å². The lowest BCUT2D eigenvalue weighted by Gasteiger charge is -2.36. The largest absolute Gasteiger partial charge is 0.310 e. The van der Waals surface area contributed by atoms with E-state index in [9.17, 15) is 10.5 Å². The fourth-order valence-electron chi connectivity index (χ4n) is 10.8. The first-order valence-corrected chi connectivity index (χ1v) is 22.5. The van der Waals surface area contributed by atoms with Crippen molar-refractivity contribution in [3.8, 4) is 23.3 Å². The van der Waals surface area contributed by atoms with Crippen LogP contribution in [0.2, 0.25) is 0 Å². The average molecular weight is 853 g/mol. The van der Waals surface area contributed by atoms with Crippen molar-refractivity contribution >= 4 is 66.4 Å². The second-order valence-corrected chi connectivity index (χ2v) is 17.0. The summed E-state index contributed by atoms with van der Waals surface area (Å²) >= 11 is 0. The zero-order chi connectivity index (χ0) is 44.9. The topological polar surface area (TPSA) is 54.1 Å². The molecule has 0 N–H and O–H groups in total. The van der Waals surface area contributed by atoms with Crippen LogP contribution < -0.4 is 9.80 Å². The third-order valence-corrected chi connectivity index (χ3v) is 13.5. The Balaban J connectivity index is 1.25. The molecule has 0 radical (unpaired) electrons. The van der Waals surface area contributed by atoms with Crippen LogP contribution in [-0.2, 0) is 5.41 Å². The Bertz CT molecular complexity index is 3740. The van der Waals surface area contributed by atoms with Crippen molar-refractivity contribution in [1.29, 1.82) is 10.5 Å². The molecule has 0 saturated heterocycles. The maximum Gasteiger partial charge on any atom is 0.0992 e. The van der Waals surface area contributed by atoms with E-state index >= 15 is 0 Å². The van der Waals surface area contributed by atoms with Gasteiger partial charge in [-0.1, -0.05) is 164 Å². The molecule has 0 spiro atoms. The summed E-state index contributed by atoms with van der Waals surface area (Å²) in [6.07, 6.45) is 0. The monoisotopic (exact) mass is 852 g/mol. The Hall–Kier alpha value is -9.22. The highest BCUT2D eigenvalue weighted by Crippen LogP contribution is 2.63. The van der Waals surface area contributed by atoms with Gasteiger partial charge in [-0.2, -0.15) is 10.5 Å². The molecule has 0 bridgehead atoms. The van der Waals surface area contributed by atoms with Crippen molar-refractivity contribution < 1.29 is 0 Å². The van der Waals surface area contributed by atoms with E-state index in [0.29, 0.717) is 11.1 Å². The number of para-hydroxylation sites is 2. The highest BCUT2D eigenvalue weighted by atomic mass is 15.1. The van der Waals surface area contributed by atoms with Gasteiger partial charge in [0.05, 0.1) is 34.4 Å². The summed E-state index contributed by atoms with van der Waals surface area (Å²) in [5, 5.41) is 27.1. The van der Waals surface area contributed by atoms with Gasteiger partial charge in [-0.25, -0.2) is 0 Å². The van der Waals surface area contributed by atoms with E-state index in [1.807, 2.05) is 48.5 Å². The molecule has 4 nitrogen and oxygen atoms in total. The van der Waals surface area contributed by atoms with E-state index in [-0.39, 0.29) is 0 Å². The number of nitriles is 2. The van der Waals surface area contributed by atoms with E-state index in [0.717, 1.165) is 61.1 Å². The first-order valence-electron chi connectivity index (χ1n) is 22.5. The van der Waals surface area contributed by atoms with Crippen LogP contribution in [0.5, 0.6) is 0 Å². The molecule has 1 aliphatic rings. The fourth-order valence-corrected chi connectivity index (χ4v) is 10.8. The van der Waals surface area contributed by atoms with Crippen LogP contribution in [0.15, 0.2) is 243 Å². The molecular weight excluding hydrogens is 813 g/mol. The third kappa shape index (κ3) is 6.20. The van der Waals surface area contributed by atoms with E-state index < -0.39 is 5.41 Å². The second kappa shape index (κ2) is 16.1. The van der Waals surface area contributed by atoms with Crippen LogP contribution in [0.4, 0.5) is 34.1 Å². The summed E-state index contributed by atoms with van der Waals surface area (Å²) in [7, 11) is 0. The van der Waals surface area contributed by atoms with Crippen molar-refractivity contribution in [2.45, 2.75) is 5.41 Å². The second-order valence-electron chi connectivity index (χ2n) is 17.0. The standard InChI is InChI=1S/C63H40N4/c64-41-43-19-17-29-49(37-43)66(47-25-9-3-10-26-47)51-35-36-56-57(39-51)52-31-13-15-33-54(52)61-60-55-34-16-14-32-53(55)59(67(48-27-11-4-12-28-48)50-30-18-20-44(38-50)42-65)40-58(60)63(62(56)61,45-21-5-1-6-22-45)46-23-7-2-8-24-46/h1-40H. The minimum absolute atomic E-state index is 0.597. The normalized spacial score (nSPS) is 12.3. The Labute approximate surface area is 389 Å². The minimum atomic E-state index is -0.785. The molecule has 0 fully saturated rings. The predicted molar refractivity (Wildman–Crippen MR) is 275 cm³/mol. The summed E-state index contributed by atoms with van der Waals surface area (Å²) < 4.78 is 0. The molecule has 0 aromatic heterocycles. The number of nitrogens with zero attached hydrogens (tertiary/aromatic N) is 4. The molecule has 0 heterocycles. The van der Waals surface area contributed by atoms with Gasteiger partial charge in [-0.15, -0.1) is 0 Å². The fraction of sp³-hybridized carbons (Fsp3) is 0.0159. The van der Waals surface area contributed by atoms with Crippen LogP contribution in [0.3, 0.4) is 0 Å². The van der Waals surface area contributed by atoms with E-state index in [2.05, 4.69) is 216 Å². The lowest BCUT2D eigenvalue weighted by atomic mass is 9.66. The Morgan fingerprint density at radius 2 is 0.761 bits per heavy atom. The molecule has 312 valence electrons. The van der Waals surface area contributed by atoms with Gasteiger partial charge in [0.25, 0.3) is 0 Å². The quantitative estimate of drug-likeness (QED) is 0.143. The Morgan fingerprint density at radius 3 is 1.33 bits per heavy atom. The maximum atomic E-state index is 10.2.